The summed E-state index contributed by atoms with van der Waals surface area (Å²) in [6, 6.07) is 50.4. The first-order chi connectivity index (χ1) is 21.1. The molecule has 1 N–H and O–H groups in total. The molecule has 0 fully saturated rings. The Bertz CT molecular complexity index is 2070. The number of para-hydroxylation sites is 1. The highest BCUT2D eigenvalue weighted by Gasteiger charge is 2.36. The number of nitrogens with zero attached hydrogens (tertiary/aromatic N) is 1. The standard InChI is InChI=1S/C39H30N2.C2H6/c1-39(2)35-16-10-9-15-31(35)32-24-34-33-23-29(40-28-19-17-27(18-20-28)26-11-5-3-6-12-26)21-22-37(33)41(38(34)25-36(32)39)30-13-7-4-8-14-30;1-2/h3-25,40H,1-2H3;1-2H3. The molecule has 0 bridgehead atoms. The van der Waals surface area contributed by atoms with Crippen molar-refractivity contribution in [2.75, 3.05) is 5.32 Å². The van der Waals surface area contributed by atoms with Crippen LogP contribution in [0.3, 0.4) is 0 Å². The highest BCUT2D eigenvalue weighted by molar-refractivity contribution is 6.12. The molecule has 2 nitrogen and oxygen atoms in total. The molecule has 0 spiro atoms. The Morgan fingerprint density at radius 2 is 1.09 bits per heavy atom. The van der Waals surface area contributed by atoms with Gasteiger partial charge < -0.3 is 9.88 Å². The van der Waals surface area contributed by atoms with Gasteiger partial charge in [-0.25, -0.2) is 0 Å². The Kier molecular flexibility index (Phi) is 6.63. The van der Waals surface area contributed by atoms with Crippen LogP contribution in [0.2, 0.25) is 0 Å². The molecule has 1 aromatic heterocycles. The number of rotatable bonds is 4. The number of anilines is 2. The molecule has 1 aliphatic carbocycles. The summed E-state index contributed by atoms with van der Waals surface area (Å²) in [6.45, 7) is 8.70. The van der Waals surface area contributed by atoms with Crippen LogP contribution in [0.4, 0.5) is 11.4 Å². The summed E-state index contributed by atoms with van der Waals surface area (Å²) < 4.78 is 2.42. The lowest BCUT2D eigenvalue weighted by molar-refractivity contribution is 0.661. The van der Waals surface area contributed by atoms with E-state index in [-0.39, 0.29) is 5.41 Å². The van der Waals surface area contributed by atoms with Crippen LogP contribution < -0.4 is 5.32 Å². The summed E-state index contributed by atoms with van der Waals surface area (Å²) in [6.07, 6.45) is 0. The smallest absolute Gasteiger partial charge is 0.0544 e. The normalized spacial score (nSPS) is 12.8. The van der Waals surface area contributed by atoms with Gasteiger partial charge in [0.15, 0.2) is 0 Å². The van der Waals surface area contributed by atoms with Gasteiger partial charge in [0.25, 0.3) is 0 Å². The van der Waals surface area contributed by atoms with Gasteiger partial charge in [-0.3, -0.25) is 0 Å². The molecule has 210 valence electrons. The van der Waals surface area contributed by atoms with Crippen LogP contribution in [-0.4, -0.2) is 4.57 Å². The van der Waals surface area contributed by atoms with Gasteiger partial charge in [-0.1, -0.05) is 113 Å². The van der Waals surface area contributed by atoms with Gasteiger partial charge in [0.2, 0.25) is 0 Å². The van der Waals surface area contributed by atoms with Gasteiger partial charge in [0, 0.05) is 33.2 Å². The largest absolute Gasteiger partial charge is 0.356 e. The van der Waals surface area contributed by atoms with Crippen LogP contribution in [0.15, 0.2) is 140 Å². The maximum Gasteiger partial charge on any atom is 0.0544 e. The first kappa shape index (κ1) is 26.8. The van der Waals surface area contributed by atoms with Crippen molar-refractivity contribution in [1.29, 1.82) is 0 Å². The van der Waals surface area contributed by atoms with Crippen LogP contribution in [-0.2, 0) is 5.41 Å². The highest BCUT2D eigenvalue weighted by Crippen LogP contribution is 2.51. The Labute approximate surface area is 254 Å². The van der Waals surface area contributed by atoms with Crippen molar-refractivity contribution in [3.05, 3.63) is 151 Å². The third-order valence-electron chi connectivity index (χ3n) is 8.76. The fourth-order valence-corrected chi connectivity index (χ4v) is 6.69. The van der Waals surface area contributed by atoms with Crippen molar-refractivity contribution in [2.24, 2.45) is 0 Å². The van der Waals surface area contributed by atoms with Crippen molar-refractivity contribution in [3.8, 4) is 27.9 Å². The number of nitrogens with one attached hydrogen (secondary N) is 1. The zero-order valence-corrected chi connectivity index (χ0v) is 25.2. The molecule has 0 atom stereocenters. The molecular weight excluding hydrogens is 520 g/mol. The maximum absolute atomic E-state index is 3.66. The van der Waals surface area contributed by atoms with Crippen molar-refractivity contribution in [3.63, 3.8) is 0 Å². The zero-order chi connectivity index (χ0) is 29.6. The zero-order valence-electron chi connectivity index (χ0n) is 25.2. The molecule has 2 heteroatoms. The Morgan fingerprint density at radius 1 is 0.488 bits per heavy atom. The van der Waals surface area contributed by atoms with Crippen molar-refractivity contribution in [2.45, 2.75) is 33.1 Å². The lowest BCUT2D eigenvalue weighted by Crippen LogP contribution is -2.14. The first-order valence-electron chi connectivity index (χ1n) is 15.3. The monoisotopic (exact) mass is 556 g/mol. The summed E-state index contributed by atoms with van der Waals surface area (Å²) >= 11 is 0. The molecule has 0 aliphatic heterocycles. The van der Waals surface area contributed by atoms with E-state index in [0.29, 0.717) is 0 Å². The Hall–Kier alpha value is -5.08. The summed E-state index contributed by atoms with van der Waals surface area (Å²) in [4.78, 5) is 0. The molecule has 0 unspecified atom stereocenters. The molecule has 1 aliphatic rings. The number of fused-ring (bicyclic) bond motifs is 6. The average Bonchev–Trinajstić information content (AvgIpc) is 3.50. The number of aromatic nitrogens is 1. The minimum Gasteiger partial charge on any atom is -0.356 e. The summed E-state index contributed by atoms with van der Waals surface area (Å²) in [5, 5.41) is 6.19. The Balaban J connectivity index is 0.00000147. The molecule has 0 saturated heterocycles. The molecular formula is C41H36N2. The number of benzene rings is 6. The second-order valence-electron chi connectivity index (χ2n) is 11.6. The van der Waals surface area contributed by atoms with Gasteiger partial charge >= 0.3 is 0 Å². The summed E-state index contributed by atoms with van der Waals surface area (Å²) in [5.41, 5.74) is 13.7. The maximum atomic E-state index is 3.66. The van der Waals surface area contributed by atoms with Gasteiger partial charge in [-0.2, -0.15) is 0 Å². The average molecular weight is 557 g/mol. The summed E-state index contributed by atoms with van der Waals surface area (Å²) in [5.74, 6) is 0. The fourth-order valence-electron chi connectivity index (χ4n) is 6.69. The van der Waals surface area contributed by atoms with E-state index in [1.807, 2.05) is 13.8 Å². The lowest BCUT2D eigenvalue weighted by Gasteiger charge is -2.21. The Morgan fingerprint density at radius 3 is 1.84 bits per heavy atom. The SMILES string of the molecule is CC.CC1(C)c2ccccc2-c2cc3c4cc(Nc5ccc(-c6ccccc6)cc5)ccc4n(-c4ccccc4)c3cc21. The third-order valence-corrected chi connectivity index (χ3v) is 8.76. The van der Waals surface area contributed by atoms with Crippen molar-refractivity contribution in [1.82, 2.24) is 4.57 Å². The highest BCUT2D eigenvalue weighted by atomic mass is 15.0. The van der Waals surface area contributed by atoms with E-state index < -0.39 is 0 Å². The van der Waals surface area contributed by atoms with Gasteiger partial charge in [0.05, 0.1) is 11.0 Å². The van der Waals surface area contributed by atoms with Crippen LogP contribution in [0.25, 0.3) is 49.7 Å². The van der Waals surface area contributed by atoms with E-state index in [2.05, 4.69) is 163 Å². The minimum absolute atomic E-state index is 0.0449. The molecule has 1 heterocycles. The van der Waals surface area contributed by atoms with Crippen LogP contribution in [0.1, 0.15) is 38.8 Å². The topological polar surface area (TPSA) is 17.0 Å². The molecule has 7 aromatic rings. The number of hydrogen-bond acceptors (Lipinski definition) is 1. The van der Waals surface area contributed by atoms with Crippen LogP contribution in [0.5, 0.6) is 0 Å². The van der Waals surface area contributed by atoms with E-state index >= 15 is 0 Å². The molecule has 0 saturated carbocycles. The van der Waals surface area contributed by atoms with E-state index in [4.69, 9.17) is 0 Å². The lowest BCUT2D eigenvalue weighted by atomic mass is 9.82. The van der Waals surface area contributed by atoms with E-state index in [1.165, 1.54) is 60.9 Å². The molecule has 6 aromatic carbocycles. The fraction of sp³-hybridized carbons (Fsp3) is 0.122. The minimum atomic E-state index is -0.0449. The second kappa shape index (κ2) is 10.6. The van der Waals surface area contributed by atoms with Crippen LogP contribution in [0, 0.1) is 0 Å². The number of hydrogen-bond donors (Lipinski definition) is 1. The molecule has 8 rings (SSSR count). The third kappa shape index (κ3) is 4.42. The van der Waals surface area contributed by atoms with Gasteiger partial charge in [-0.05, 0) is 88.0 Å². The first-order valence-corrected chi connectivity index (χ1v) is 15.3. The van der Waals surface area contributed by atoms with Gasteiger partial charge in [-0.15, -0.1) is 0 Å². The van der Waals surface area contributed by atoms with Crippen molar-refractivity contribution < 1.29 is 0 Å². The quantitative estimate of drug-likeness (QED) is 0.228. The van der Waals surface area contributed by atoms with E-state index in [9.17, 15) is 0 Å². The second-order valence-corrected chi connectivity index (χ2v) is 11.6. The molecule has 0 radical (unpaired) electrons. The summed E-state index contributed by atoms with van der Waals surface area (Å²) in [7, 11) is 0. The predicted molar refractivity (Wildman–Crippen MR) is 185 cm³/mol. The van der Waals surface area contributed by atoms with E-state index in [1.54, 1.807) is 0 Å². The van der Waals surface area contributed by atoms with Gasteiger partial charge in [0.1, 0.15) is 0 Å². The van der Waals surface area contributed by atoms with E-state index in [0.717, 1.165) is 11.4 Å². The van der Waals surface area contributed by atoms with Crippen molar-refractivity contribution >= 4 is 33.2 Å². The predicted octanol–water partition coefficient (Wildman–Crippen LogP) is 11.5. The molecule has 43 heavy (non-hydrogen) atoms. The molecule has 0 amide bonds. The van der Waals surface area contributed by atoms with Crippen LogP contribution >= 0.6 is 0 Å².